The van der Waals surface area contributed by atoms with Gasteiger partial charge in [0.15, 0.2) is 0 Å². The van der Waals surface area contributed by atoms with E-state index in [9.17, 15) is 4.79 Å². The Morgan fingerprint density at radius 1 is 1.25 bits per heavy atom. The second-order valence-electron chi connectivity index (χ2n) is 7.89. The van der Waals surface area contributed by atoms with Crippen molar-refractivity contribution < 1.29 is 9.53 Å². The Hall–Kier alpha value is -2.44. The fraction of sp³-hybridized carbons (Fsp3) is 0.364. The molecule has 28 heavy (non-hydrogen) atoms. The lowest BCUT2D eigenvalue weighted by molar-refractivity contribution is -0.0195. The molecule has 1 aromatic heterocycles. The molecule has 3 heterocycles. The Bertz CT molecular complexity index is 1020. The summed E-state index contributed by atoms with van der Waals surface area (Å²) in [7, 11) is 2.15. The highest BCUT2D eigenvalue weighted by atomic mass is 32.1. The van der Waals surface area contributed by atoms with E-state index in [1.54, 1.807) is 11.3 Å². The Morgan fingerprint density at radius 2 is 2.07 bits per heavy atom. The third-order valence-corrected chi connectivity index (χ3v) is 6.79. The Kier molecular flexibility index (Phi) is 4.33. The molecule has 0 bridgehead atoms. The number of hydrogen-bond donors (Lipinski definition) is 1. The van der Waals surface area contributed by atoms with E-state index in [-0.39, 0.29) is 17.6 Å². The van der Waals surface area contributed by atoms with Gasteiger partial charge in [-0.25, -0.2) is 4.98 Å². The van der Waals surface area contributed by atoms with E-state index >= 15 is 0 Å². The van der Waals surface area contributed by atoms with E-state index in [1.165, 1.54) is 0 Å². The molecular formula is C22H23N3O2S. The maximum atomic E-state index is 13.0. The minimum atomic E-state index is -0.194. The number of ether oxygens (including phenoxy) is 1. The fourth-order valence-corrected chi connectivity index (χ4v) is 5.03. The van der Waals surface area contributed by atoms with Gasteiger partial charge in [-0.15, -0.1) is 11.3 Å². The number of carbonyl (C=O) groups excluding carboxylic acids is 1. The number of fused-ring (bicyclic) bond motifs is 2. The first-order valence-electron chi connectivity index (χ1n) is 9.73. The number of para-hydroxylation sites is 1. The summed E-state index contributed by atoms with van der Waals surface area (Å²) >= 11 is 1.56. The van der Waals surface area contributed by atoms with Gasteiger partial charge >= 0.3 is 0 Å². The molecule has 0 saturated carbocycles. The van der Waals surface area contributed by atoms with Crippen LogP contribution in [0.4, 0.5) is 0 Å². The number of nitrogens with one attached hydrogen (secondary N) is 1. The first-order valence-corrected chi connectivity index (χ1v) is 10.6. The van der Waals surface area contributed by atoms with Crippen molar-refractivity contribution in [2.45, 2.75) is 30.9 Å². The molecule has 1 atom stereocenters. The molecule has 0 radical (unpaired) electrons. The lowest BCUT2D eigenvalue weighted by Crippen LogP contribution is -2.51. The van der Waals surface area contributed by atoms with Crippen LogP contribution in [0.1, 0.15) is 41.2 Å². The van der Waals surface area contributed by atoms with E-state index < -0.39 is 0 Å². The standard InChI is InChI=1S/C22H23N3O2S/c1-25-10-8-22(9-11-25)13-18(16-4-2-3-5-19(16)27-22)24-21(26)15-6-7-17-20(12-15)28-14-23-17/h2-7,12,14,18H,8-11,13H2,1H3,(H,24,26)/t18-/m1/s1. The van der Waals surface area contributed by atoms with Crippen LogP contribution in [-0.4, -0.2) is 41.5 Å². The fourth-order valence-electron chi connectivity index (χ4n) is 4.32. The number of amides is 1. The number of carbonyl (C=O) groups is 1. The summed E-state index contributed by atoms with van der Waals surface area (Å²) in [5, 5.41) is 3.28. The maximum absolute atomic E-state index is 13.0. The van der Waals surface area contributed by atoms with Crippen molar-refractivity contribution in [2.24, 2.45) is 0 Å². The summed E-state index contributed by atoms with van der Waals surface area (Å²) in [6.45, 7) is 2.04. The number of likely N-dealkylation sites (tertiary alicyclic amines) is 1. The smallest absolute Gasteiger partial charge is 0.251 e. The number of rotatable bonds is 2. The lowest BCUT2D eigenvalue weighted by atomic mass is 9.80. The van der Waals surface area contributed by atoms with E-state index in [4.69, 9.17) is 4.74 Å². The van der Waals surface area contributed by atoms with Crippen LogP contribution in [0.3, 0.4) is 0 Å². The van der Waals surface area contributed by atoms with Crippen molar-refractivity contribution in [3.8, 4) is 5.75 Å². The molecule has 0 unspecified atom stereocenters. The zero-order valence-electron chi connectivity index (χ0n) is 15.9. The predicted molar refractivity (Wildman–Crippen MR) is 111 cm³/mol. The molecule has 0 aliphatic carbocycles. The van der Waals surface area contributed by atoms with Gasteiger partial charge < -0.3 is 15.0 Å². The predicted octanol–water partition coefficient (Wildman–Crippen LogP) is 4.01. The zero-order chi connectivity index (χ0) is 19.1. The summed E-state index contributed by atoms with van der Waals surface area (Å²) in [6.07, 6.45) is 2.78. The molecule has 1 N–H and O–H groups in total. The van der Waals surface area contributed by atoms with Gasteiger partial charge in [-0.3, -0.25) is 4.79 Å². The molecule has 2 aromatic carbocycles. The lowest BCUT2D eigenvalue weighted by Gasteiger charge is -2.46. The topological polar surface area (TPSA) is 54.5 Å². The quantitative estimate of drug-likeness (QED) is 0.715. The molecule has 1 fully saturated rings. The second kappa shape index (κ2) is 6.87. The normalized spacial score (nSPS) is 21.2. The second-order valence-corrected chi connectivity index (χ2v) is 8.78. The number of nitrogens with zero attached hydrogens (tertiary/aromatic N) is 2. The third-order valence-electron chi connectivity index (χ3n) is 5.99. The Morgan fingerprint density at radius 3 is 2.93 bits per heavy atom. The maximum Gasteiger partial charge on any atom is 0.251 e. The van der Waals surface area contributed by atoms with Gasteiger partial charge in [0.1, 0.15) is 11.4 Å². The molecule has 2 aliphatic heterocycles. The molecule has 5 nitrogen and oxygen atoms in total. The number of benzene rings is 2. The SMILES string of the molecule is CN1CCC2(CC1)C[C@@H](NC(=O)c1ccc3ncsc3c1)c1ccccc1O2. The van der Waals surface area contributed by atoms with Gasteiger partial charge in [-0.05, 0) is 44.2 Å². The Labute approximate surface area is 168 Å². The number of thiazole rings is 1. The minimum Gasteiger partial charge on any atom is -0.487 e. The third kappa shape index (κ3) is 3.16. The monoisotopic (exact) mass is 393 g/mol. The van der Waals surface area contributed by atoms with Crippen molar-refractivity contribution in [3.63, 3.8) is 0 Å². The van der Waals surface area contributed by atoms with Crippen LogP contribution >= 0.6 is 11.3 Å². The number of piperidine rings is 1. The summed E-state index contributed by atoms with van der Waals surface area (Å²) in [4.78, 5) is 19.7. The van der Waals surface area contributed by atoms with Crippen LogP contribution in [0, 0.1) is 0 Å². The summed E-state index contributed by atoms with van der Waals surface area (Å²) in [6, 6.07) is 13.8. The summed E-state index contributed by atoms with van der Waals surface area (Å²) < 4.78 is 7.52. The van der Waals surface area contributed by atoms with Gasteiger partial charge in [0.25, 0.3) is 5.91 Å². The Balaban J connectivity index is 1.43. The molecule has 1 saturated heterocycles. The first-order chi connectivity index (χ1) is 13.6. The van der Waals surface area contributed by atoms with E-state index in [1.807, 2.05) is 41.9 Å². The van der Waals surface area contributed by atoms with Crippen molar-refractivity contribution >= 4 is 27.5 Å². The van der Waals surface area contributed by atoms with Gasteiger partial charge in [-0.2, -0.15) is 0 Å². The van der Waals surface area contributed by atoms with E-state index in [0.29, 0.717) is 5.56 Å². The van der Waals surface area contributed by atoms with Crippen LogP contribution in [0.25, 0.3) is 10.2 Å². The van der Waals surface area contributed by atoms with Gasteiger partial charge in [0, 0.05) is 30.6 Å². The molecule has 6 heteroatoms. The molecule has 1 amide bonds. The van der Waals surface area contributed by atoms with E-state index in [0.717, 1.165) is 53.9 Å². The number of hydrogen-bond acceptors (Lipinski definition) is 5. The molecule has 2 aliphatic rings. The first kappa shape index (κ1) is 17.6. The van der Waals surface area contributed by atoms with Crippen molar-refractivity contribution in [3.05, 3.63) is 59.1 Å². The average Bonchev–Trinajstić information content (AvgIpc) is 3.18. The largest absolute Gasteiger partial charge is 0.487 e. The van der Waals surface area contributed by atoms with E-state index in [2.05, 4.69) is 28.3 Å². The highest BCUT2D eigenvalue weighted by Gasteiger charge is 2.43. The van der Waals surface area contributed by atoms with Crippen molar-refractivity contribution in [1.29, 1.82) is 0 Å². The van der Waals surface area contributed by atoms with Crippen molar-refractivity contribution in [2.75, 3.05) is 20.1 Å². The van der Waals surface area contributed by atoms with Crippen LogP contribution in [0.5, 0.6) is 5.75 Å². The zero-order valence-corrected chi connectivity index (χ0v) is 16.7. The average molecular weight is 394 g/mol. The molecule has 5 rings (SSSR count). The highest BCUT2D eigenvalue weighted by Crippen LogP contribution is 2.44. The molecular weight excluding hydrogens is 370 g/mol. The number of aromatic nitrogens is 1. The minimum absolute atomic E-state index is 0.0416. The van der Waals surface area contributed by atoms with Crippen LogP contribution in [-0.2, 0) is 0 Å². The van der Waals surface area contributed by atoms with Gasteiger partial charge in [0.05, 0.1) is 21.8 Å². The molecule has 1 spiro atoms. The van der Waals surface area contributed by atoms with Gasteiger partial charge in [-0.1, -0.05) is 18.2 Å². The summed E-state index contributed by atoms with van der Waals surface area (Å²) in [5.41, 5.74) is 4.30. The van der Waals surface area contributed by atoms with Crippen LogP contribution in [0.2, 0.25) is 0 Å². The van der Waals surface area contributed by atoms with Gasteiger partial charge in [0.2, 0.25) is 0 Å². The highest BCUT2D eigenvalue weighted by molar-refractivity contribution is 7.16. The summed E-state index contributed by atoms with van der Waals surface area (Å²) in [5.74, 6) is 0.863. The van der Waals surface area contributed by atoms with Crippen LogP contribution < -0.4 is 10.1 Å². The molecule has 3 aromatic rings. The molecule has 144 valence electrons. The van der Waals surface area contributed by atoms with Crippen molar-refractivity contribution in [1.82, 2.24) is 15.2 Å². The van der Waals surface area contributed by atoms with Crippen LogP contribution in [0.15, 0.2) is 48.0 Å².